The van der Waals surface area contributed by atoms with Crippen LogP contribution in [0.2, 0.25) is 0 Å². The Morgan fingerprint density at radius 1 is 0.745 bits per heavy atom. The Balaban J connectivity index is 1.09. The van der Waals surface area contributed by atoms with Gasteiger partial charge in [-0.2, -0.15) is 0 Å². The van der Waals surface area contributed by atoms with Gasteiger partial charge in [0.15, 0.2) is 0 Å². The Morgan fingerprint density at radius 2 is 1.31 bits per heavy atom. The minimum atomic E-state index is -0.691. The van der Waals surface area contributed by atoms with E-state index in [0.29, 0.717) is 25.6 Å². The van der Waals surface area contributed by atoms with E-state index in [1.165, 1.54) is 14.2 Å². The predicted octanol–water partition coefficient (Wildman–Crippen LogP) is 5.51. The Kier molecular flexibility index (Phi) is 12.2. The number of nitrogens with zero attached hydrogens (tertiary/aromatic N) is 5. The van der Waals surface area contributed by atoms with Crippen molar-refractivity contribution in [3.63, 3.8) is 0 Å². The van der Waals surface area contributed by atoms with E-state index in [0.717, 1.165) is 64.7 Å². The summed E-state index contributed by atoms with van der Waals surface area (Å²) in [7, 11) is 2.58. The fourth-order valence-electron chi connectivity index (χ4n) is 7.43. The first-order chi connectivity index (χ1) is 26.5. The maximum absolute atomic E-state index is 13.5. The molecule has 4 amide bonds. The maximum atomic E-state index is 13.5. The highest BCUT2D eigenvalue weighted by molar-refractivity contribution is 5.91. The van der Waals surface area contributed by atoms with Crippen molar-refractivity contribution in [1.29, 1.82) is 0 Å². The molecule has 15 heteroatoms. The number of H-pyrrole nitrogens is 1. The van der Waals surface area contributed by atoms with E-state index >= 15 is 0 Å². The van der Waals surface area contributed by atoms with Crippen LogP contribution in [0.25, 0.3) is 33.2 Å². The number of aromatic nitrogens is 4. The number of aromatic amines is 1. The zero-order chi connectivity index (χ0) is 39.2. The standard InChI is InChI=1S/C40H51N9O6/c1-23(2)33(46-39(52)54-5)36(50)48-15-7-9-30(48)21-44-38-42-19-29(20-43-38)27-12-11-26-18-28(14-13-25(26)17-27)31-22-41-35(45-31)32-10-8-16-49(32)37(51)34(24(3)4)47-40(53)55-6/h11-14,17-20,22-24,30,32-34H,7-10,15-16,21H2,1-6H3,(H,41,45)(H,46,52)(H,47,53)(H,42,43,44)/t30-,32+,33+,34+/m1/s1. The molecule has 0 saturated carbocycles. The van der Waals surface area contributed by atoms with Crippen LogP contribution in [0, 0.1) is 11.8 Å². The van der Waals surface area contributed by atoms with Gasteiger partial charge in [0.05, 0.1) is 32.2 Å². The third-order valence-electron chi connectivity index (χ3n) is 10.5. The molecule has 4 heterocycles. The molecule has 2 aliphatic heterocycles. The van der Waals surface area contributed by atoms with E-state index in [4.69, 9.17) is 9.47 Å². The average molecular weight is 754 g/mol. The Hall–Kier alpha value is -5.73. The molecule has 0 bridgehead atoms. The van der Waals surface area contributed by atoms with Crippen LogP contribution in [-0.4, -0.2) is 106 Å². The largest absolute Gasteiger partial charge is 0.453 e. The van der Waals surface area contributed by atoms with Gasteiger partial charge in [0, 0.05) is 49.2 Å². The molecule has 4 atom stereocenters. The van der Waals surface area contributed by atoms with Gasteiger partial charge in [0.2, 0.25) is 17.8 Å². The SMILES string of the molecule is COC(=O)N[C@H](C(=O)N1CCC[C@@H]1CNc1ncc(-c2ccc3cc(-c4cnc([C@@H]5CCCN5C(=O)[C@@H](NC(=O)OC)C(C)C)[nH]4)ccc3c2)cn1)C(C)C. The summed E-state index contributed by atoms with van der Waals surface area (Å²) in [6.07, 6.45) is 7.48. The van der Waals surface area contributed by atoms with Gasteiger partial charge in [-0.15, -0.1) is 0 Å². The van der Waals surface area contributed by atoms with Gasteiger partial charge >= 0.3 is 12.2 Å². The van der Waals surface area contributed by atoms with Crippen LogP contribution in [0.4, 0.5) is 15.5 Å². The lowest BCUT2D eigenvalue weighted by Crippen LogP contribution is -2.53. The topological polar surface area (TPSA) is 184 Å². The first-order valence-corrected chi connectivity index (χ1v) is 18.9. The molecule has 2 aromatic carbocycles. The smallest absolute Gasteiger partial charge is 0.407 e. The van der Waals surface area contributed by atoms with Crippen LogP contribution >= 0.6 is 0 Å². The van der Waals surface area contributed by atoms with Gasteiger partial charge < -0.3 is 40.2 Å². The number of anilines is 1. The van der Waals surface area contributed by atoms with Crippen molar-refractivity contribution in [3.8, 4) is 22.4 Å². The number of ether oxygens (including phenoxy) is 2. The molecule has 2 aromatic heterocycles. The summed E-state index contributed by atoms with van der Waals surface area (Å²) in [6.45, 7) is 9.31. The zero-order valence-corrected chi connectivity index (χ0v) is 32.3. The number of nitrogens with one attached hydrogen (secondary N) is 4. The number of rotatable bonds is 12. The molecule has 6 rings (SSSR count). The summed E-state index contributed by atoms with van der Waals surface area (Å²) in [5.41, 5.74) is 3.68. The van der Waals surface area contributed by atoms with Crippen molar-refractivity contribution >= 4 is 40.7 Å². The lowest BCUT2D eigenvalue weighted by atomic mass is 10.0. The lowest BCUT2D eigenvalue weighted by molar-refractivity contribution is -0.136. The predicted molar refractivity (Wildman–Crippen MR) is 208 cm³/mol. The molecular formula is C40H51N9O6. The molecule has 2 fully saturated rings. The second kappa shape index (κ2) is 17.2. The molecule has 0 aliphatic carbocycles. The first-order valence-electron chi connectivity index (χ1n) is 18.9. The highest BCUT2D eigenvalue weighted by atomic mass is 16.5. The molecule has 15 nitrogen and oxygen atoms in total. The number of fused-ring (bicyclic) bond motifs is 1. The van der Waals surface area contributed by atoms with Crippen molar-refractivity contribution in [2.24, 2.45) is 11.8 Å². The van der Waals surface area contributed by atoms with E-state index < -0.39 is 24.3 Å². The number of imidazole rings is 1. The van der Waals surface area contributed by atoms with Crippen LogP contribution in [0.5, 0.6) is 0 Å². The molecule has 292 valence electrons. The monoisotopic (exact) mass is 753 g/mol. The van der Waals surface area contributed by atoms with Crippen LogP contribution in [0.1, 0.15) is 65.2 Å². The minimum Gasteiger partial charge on any atom is -0.453 e. The lowest BCUT2D eigenvalue weighted by Gasteiger charge is -2.30. The summed E-state index contributed by atoms with van der Waals surface area (Å²) in [6, 6.07) is 10.8. The van der Waals surface area contributed by atoms with Crippen LogP contribution in [0.15, 0.2) is 55.0 Å². The second-order valence-electron chi connectivity index (χ2n) is 14.9. The molecule has 0 unspecified atom stereocenters. The third-order valence-corrected chi connectivity index (χ3v) is 10.5. The molecule has 4 N–H and O–H groups in total. The van der Waals surface area contributed by atoms with Gasteiger partial charge in [-0.25, -0.2) is 24.5 Å². The summed E-state index contributed by atoms with van der Waals surface area (Å²) in [5, 5.41) is 10.8. The van der Waals surface area contributed by atoms with E-state index in [1.54, 1.807) is 23.5 Å². The van der Waals surface area contributed by atoms with E-state index in [2.05, 4.69) is 60.2 Å². The molecule has 0 spiro atoms. The van der Waals surface area contributed by atoms with Crippen molar-refractivity contribution in [1.82, 2.24) is 40.4 Å². The quantitative estimate of drug-likeness (QED) is 0.144. The van der Waals surface area contributed by atoms with E-state index in [-0.39, 0.29) is 35.7 Å². The third kappa shape index (κ3) is 8.82. The van der Waals surface area contributed by atoms with Crippen molar-refractivity contribution in [3.05, 3.63) is 60.8 Å². The molecule has 2 aliphatic rings. The Bertz CT molecular complexity index is 2000. The van der Waals surface area contributed by atoms with Gasteiger partial charge in [0.25, 0.3) is 0 Å². The van der Waals surface area contributed by atoms with Crippen molar-refractivity contribution in [2.75, 3.05) is 39.2 Å². The first kappa shape index (κ1) is 39.0. The van der Waals surface area contributed by atoms with Crippen LogP contribution in [0.3, 0.4) is 0 Å². The van der Waals surface area contributed by atoms with Gasteiger partial charge in [0.1, 0.15) is 17.9 Å². The molecule has 2 saturated heterocycles. The fraction of sp³-hybridized carbons (Fsp3) is 0.475. The van der Waals surface area contributed by atoms with Crippen LogP contribution < -0.4 is 16.0 Å². The van der Waals surface area contributed by atoms with Crippen molar-refractivity contribution in [2.45, 2.75) is 77.5 Å². The number of carbonyl (C=O) groups excluding carboxylic acids is 4. The Labute approximate surface area is 321 Å². The van der Waals surface area contributed by atoms with Gasteiger partial charge in [-0.05, 0) is 66.0 Å². The number of amides is 4. The number of methoxy groups -OCH3 is 2. The number of hydrogen-bond acceptors (Lipinski definition) is 10. The summed E-state index contributed by atoms with van der Waals surface area (Å²) in [5.74, 6) is 0.739. The molecular weight excluding hydrogens is 702 g/mol. The second-order valence-corrected chi connectivity index (χ2v) is 14.9. The maximum Gasteiger partial charge on any atom is 0.407 e. The highest BCUT2D eigenvalue weighted by Gasteiger charge is 2.38. The van der Waals surface area contributed by atoms with Crippen molar-refractivity contribution < 1.29 is 28.7 Å². The van der Waals surface area contributed by atoms with E-state index in [9.17, 15) is 19.2 Å². The number of likely N-dealkylation sites (tertiary alicyclic amines) is 2. The molecule has 55 heavy (non-hydrogen) atoms. The Morgan fingerprint density at radius 3 is 1.93 bits per heavy atom. The number of benzene rings is 2. The van der Waals surface area contributed by atoms with Crippen LogP contribution in [-0.2, 0) is 19.1 Å². The summed E-state index contributed by atoms with van der Waals surface area (Å²) >= 11 is 0. The summed E-state index contributed by atoms with van der Waals surface area (Å²) < 4.78 is 9.49. The number of alkyl carbamates (subject to hydrolysis) is 2. The van der Waals surface area contributed by atoms with Gasteiger partial charge in [-0.1, -0.05) is 52.0 Å². The normalized spacial score (nSPS) is 18.0. The number of hydrogen-bond donors (Lipinski definition) is 4. The molecule has 4 aromatic rings. The van der Waals surface area contributed by atoms with Gasteiger partial charge in [-0.3, -0.25) is 9.59 Å². The minimum absolute atomic E-state index is 0.0453. The molecule has 0 radical (unpaired) electrons. The highest BCUT2D eigenvalue weighted by Crippen LogP contribution is 2.34. The number of carbonyl (C=O) groups is 4. The average Bonchev–Trinajstić information content (AvgIpc) is 3.99. The summed E-state index contributed by atoms with van der Waals surface area (Å²) in [4.78, 5) is 71.6. The zero-order valence-electron chi connectivity index (χ0n) is 32.3. The van der Waals surface area contributed by atoms with E-state index in [1.807, 2.05) is 44.7 Å². The fourth-order valence-corrected chi connectivity index (χ4v) is 7.43.